The van der Waals surface area contributed by atoms with Crippen LogP contribution in [-0.2, 0) is 4.79 Å². The van der Waals surface area contributed by atoms with E-state index in [-0.39, 0.29) is 36.1 Å². The molecule has 3 nitrogen and oxygen atoms in total. The summed E-state index contributed by atoms with van der Waals surface area (Å²) in [5.41, 5.74) is 1.78. The van der Waals surface area contributed by atoms with Crippen molar-refractivity contribution in [3.63, 3.8) is 0 Å². The summed E-state index contributed by atoms with van der Waals surface area (Å²) < 4.78 is 13.3. The molecule has 136 valence electrons. The van der Waals surface area contributed by atoms with Gasteiger partial charge in [-0.05, 0) is 42.4 Å². The Labute approximate surface area is 159 Å². The Bertz CT molecular complexity index is 631. The molecular formula is C19H23Cl2FN2O. The van der Waals surface area contributed by atoms with Crippen LogP contribution in [0.25, 0.3) is 0 Å². The van der Waals surface area contributed by atoms with Crippen LogP contribution in [-0.4, -0.2) is 31.4 Å². The van der Waals surface area contributed by atoms with Gasteiger partial charge in [-0.2, -0.15) is 0 Å². The molecule has 0 aromatic heterocycles. The number of benzene rings is 2. The van der Waals surface area contributed by atoms with Crippen LogP contribution >= 0.6 is 24.0 Å². The van der Waals surface area contributed by atoms with Gasteiger partial charge in [-0.25, -0.2) is 4.39 Å². The van der Waals surface area contributed by atoms with Crippen LogP contribution in [0.5, 0.6) is 0 Å². The van der Waals surface area contributed by atoms with Crippen LogP contribution in [0.2, 0.25) is 5.02 Å². The Balaban J connectivity index is 0.00000312. The fourth-order valence-corrected chi connectivity index (χ4v) is 2.92. The van der Waals surface area contributed by atoms with Crippen molar-refractivity contribution in [2.24, 2.45) is 5.92 Å². The van der Waals surface area contributed by atoms with Crippen LogP contribution in [0.15, 0.2) is 48.5 Å². The first kappa shape index (κ1) is 21.4. The molecule has 0 heterocycles. The van der Waals surface area contributed by atoms with Crippen molar-refractivity contribution in [1.82, 2.24) is 10.2 Å². The van der Waals surface area contributed by atoms with Crippen LogP contribution in [0.1, 0.15) is 24.1 Å². The molecule has 0 aliphatic rings. The summed E-state index contributed by atoms with van der Waals surface area (Å²) in [4.78, 5) is 14.4. The molecule has 2 atom stereocenters. The van der Waals surface area contributed by atoms with Gasteiger partial charge in [0.25, 0.3) is 0 Å². The van der Waals surface area contributed by atoms with Crippen LogP contribution in [0.4, 0.5) is 4.39 Å². The molecule has 0 spiro atoms. The highest BCUT2D eigenvalue weighted by Gasteiger charge is 2.26. The van der Waals surface area contributed by atoms with E-state index < -0.39 is 0 Å². The summed E-state index contributed by atoms with van der Waals surface area (Å²) in [5, 5.41) is 3.66. The SMILES string of the molecule is CNCC(C)C(=O)N(C)C(c1ccc(F)cc1)c1ccc(Cl)cc1.Cl. The molecule has 0 radical (unpaired) electrons. The van der Waals surface area contributed by atoms with E-state index in [1.54, 1.807) is 36.2 Å². The maximum atomic E-state index is 13.3. The van der Waals surface area contributed by atoms with Gasteiger partial charge in [-0.15, -0.1) is 12.4 Å². The number of hydrogen-bond donors (Lipinski definition) is 1. The van der Waals surface area contributed by atoms with Crippen molar-refractivity contribution in [2.75, 3.05) is 20.6 Å². The van der Waals surface area contributed by atoms with E-state index in [1.165, 1.54) is 12.1 Å². The largest absolute Gasteiger partial charge is 0.334 e. The molecule has 6 heteroatoms. The van der Waals surface area contributed by atoms with Crippen LogP contribution < -0.4 is 5.32 Å². The van der Waals surface area contributed by atoms with Gasteiger partial charge >= 0.3 is 0 Å². The summed E-state index contributed by atoms with van der Waals surface area (Å²) in [6.45, 7) is 2.48. The number of halogens is 3. The summed E-state index contributed by atoms with van der Waals surface area (Å²) in [6, 6.07) is 13.3. The maximum absolute atomic E-state index is 13.3. The number of nitrogens with one attached hydrogen (secondary N) is 1. The molecule has 2 aromatic carbocycles. The van der Waals surface area contributed by atoms with E-state index in [9.17, 15) is 9.18 Å². The van der Waals surface area contributed by atoms with E-state index in [2.05, 4.69) is 5.32 Å². The molecule has 25 heavy (non-hydrogen) atoms. The van der Waals surface area contributed by atoms with Crippen molar-refractivity contribution in [2.45, 2.75) is 13.0 Å². The monoisotopic (exact) mass is 384 g/mol. The van der Waals surface area contributed by atoms with Crippen LogP contribution in [0.3, 0.4) is 0 Å². The van der Waals surface area contributed by atoms with Gasteiger partial charge < -0.3 is 10.2 Å². The normalized spacial score (nSPS) is 12.8. The Morgan fingerprint density at radius 2 is 1.60 bits per heavy atom. The lowest BCUT2D eigenvalue weighted by Crippen LogP contribution is -2.38. The fraction of sp³-hybridized carbons (Fsp3) is 0.316. The van der Waals surface area contributed by atoms with Gasteiger partial charge in [0, 0.05) is 24.5 Å². The molecule has 0 bridgehead atoms. The van der Waals surface area contributed by atoms with E-state index in [0.717, 1.165) is 11.1 Å². The van der Waals surface area contributed by atoms with Crippen molar-refractivity contribution in [3.8, 4) is 0 Å². The van der Waals surface area contributed by atoms with E-state index in [4.69, 9.17) is 11.6 Å². The third kappa shape index (κ3) is 5.43. The highest BCUT2D eigenvalue weighted by atomic mass is 35.5. The maximum Gasteiger partial charge on any atom is 0.227 e. The molecule has 2 unspecified atom stereocenters. The van der Waals surface area contributed by atoms with Crippen molar-refractivity contribution >= 4 is 29.9 Å². The summed E-state index contributed by atoms with van der Waals surface area (Å²) in [7, 11) is 3.59. The first-order valence-corrected chi connectivity index (χ1v) is 8.24. The van der Waals surface area contributed by atoms with E-state index in [1.807, 2.05) is 26.1 Å². The van der Waals surface area contributed by atoms with Gasteiger partial charge in [0.2, 0.25) is 5.91 Å². The van der Waals surface area contributed by atoms with Gasteiger partial charge in [0.1, 0.15) is 5.82 Å². The minimum atomic E-state index is -0.300. The lowest BCUT2D eigenvalue weighted by molar-refractivity contribution is -0.135. The van der Waals surface area contributed by atoms with Gasteiger partial charge in [-0.3, -0.25) is 4.79 Å². The second-order valence-corrected chi connectivity index (χ2v) is 6.35. The van der Waals surface area contributed by atoms with Crippen molar-refractivity contribution in [3.05, 3.63) is 70.5 Å². The third-order valence-electron chi connectivity index (χ3n) is 4.04. The number of amides is 1. The molecule has 0 aliphatic heterocycles. The zero-order valence-electron chi connectivity index (χ0n) is 14.5. The molecule has 0 saturated heterocycles. The minimum absolute atomic E-state index is 0. The number of carbonyl (C=O) groups excluding carboxylic acids is 1. The first-order chi connectivity index (χ1) is 11.4. The fourth-order valence-electron chi connectivity index (χ4n) is 2.80. The zero-order chi connectivity index (χ0) is 17.7. The Hall–Kier alpha value is -1.62. The molecule has 1 amide bonds. The number of nitrogens with zero attached hydrogens (tertiary/aromatic N) is 1. The lowest BCUT2D eigenvalue weighted by Gasteiger charge is -2.31. The minimum Gasteiger partial charge on any atom is -0.334 e. The smallest absolute Gasteiger partial charge is 0.227 e. The summed E-state index contributed by atoms with van der Waals surface area (Å²) in [6.07, 6.45) is 0. The average Bonchev–Trinajstić information content (AvgIpc) is 2.58. The molecule has 0 fully saturated rings. The second-order valence-electron chi connectivity index (χ2n) is 5.91. The van der Waals surface area contributed by atoms with E-state index >= 15 is 0 Å². The van der Waals surface area contributed by atoms with Crippen LogP contribution in [0, 0.1) is 11.7 Å². The molecule has 1 N–H and O–H groups in total. The highest BCUT2D eigenvalue weighted by Crippen LogP contribution is 2.29. The topological polar surface area (TPSA) is 32.3 Å². The molecule has 2 rings (SSSR count). The number of hydrogen-bond acceptors (Lipinski definition) is 2. The molecule has 2 aromatic rings. The summed E-state index contributed by atoms with van der Waals surface area (Å²) >= 11 is 5.98. The van der Waals surface area contributed by atoms with Crippen molar-refractivity contribution in [1.29, 1.82) is 0 Å². The third-order valence-corrected chi connectivity index (χ3v) is 4.29. The quantitative estimate of drug-likeness (QED) is 0.804. The van der Waals surface area contributed by atoms with Gasteiger partial charge in [0.05, 0.1) is 6.04 Å². The molecule has 0 aliphatic carbocycles. The zero-order valence-corrected chi connectivity index (χ0v) is 16.1. The number of rotatable bonds is 6. The first-order valence-electron chi connectivity index (χ1n) is 7.86. The van der Waals surface area contributed by atoms with Gasteiger partial charge in [0.15, 0.2) is 0 Å². The number of carbonyl (C=O) groups is 1. The second kappa shape index (κ2) is 9.76. The van der Waals surface area contributed by atoms with Gasteiger partial charge in [-0.1, -0.05) is 42.8 Å². The highest BCUT2D eigenvalue weighted by molar-refractivity contribution is 6.30. The molecular weight excluding hydrogens is 362 g/mol. The Kier molecular flexibility index (Phi) is 8.36. The lowest BCUT2D eigenvalue weighted by atomic mass is 9.96. The van der Waals surface area contributed by atoms with Crippen molar-refractivity contribution < 1.29 is 9.18 Å². The summed E-state index contributed by atoms with van der Waals surface area (Å²) in [5.74, 6) is -0.435. The standard InChI is InChI=1S/C19H22ClFN2O.ClH/c1-13(12-22-2)19(24)23(3)18(14-4-8-16(20)9-5-14)15-6-10-17(21)11-7-15;/h4-11,13,18,22H,12H2,1-3H3;1H. The predicted molar refractivity (Wildman–Crippen MR) is 103 cm³/mol. The average molecular weight is 385 g/mol. The Morgan fingerprint density at radius 1 is 1.12 bits per heavy atom. The molecule has 0 saturated carbocycles. The predicted octanol–water partition coefficient (Wildman–Crippen LogP) is 4.30. The Morgan fingerprint density at radius 3 is 2.08 bits per heavy atom. The van der Waals surface area contributed by atoms with E-state index in [0.29, 0.717) is 11.6 Å².